The van der Waals surface area contributed by atoms with Gasteiger partial charge in [-0.2, -0.15) is 0 Å². The van der Waals surface area contributed by atoms with E-state index in [1.54, 1.807) is 25.1 Å². The van der Waals surface area contributed by atoms with Gasteiger partial charge in [0, 0.05) is 22.5 Å². The molecule has 0 aliphatic rings. The maximum atomic E-state index is 12.0. The van der Waals surface area contributed by atoms with Crippen LogP contribution in [0, 0.1) is 0 Å². The number of rotatable bonds is 8. The van der Waals surface area contributed by atoms with Crippen LogP contribution in [0.4, 0.5) is 5.69 Å². The second-order valence-corrected chi connectivity index (χ2v) is 8.13. The third kappa shape index (κ3) is 5.29. The van der Waals surface area contributed by atoms with Crippen LogP contribution in [0.2, 0.25) is 0 Å². The SMILES string of the molecule is CCOC(=O)CC(N)c1ccc(N=C(c2ccccc2)c2c(O)[nH]c3cc(C(=O)OC)ccc23)cc1. The second-order valence-electron chi connectivity index (χ2n) is 8.13. The summed E-state index contributed by atoms with van der Waals surface area (Å²) in [5.41, 5.74) is 10.4. The number of aromatic hydroxyl groups is 1. The number of fused-ring (bicyclic) bond motifs is 1. The Bertz CT molecular complexity index is 1410. The van der Waals surface area contributed by atoms with Crippen molar-refractivity contribution in [1.82, 2.24) is 4.98 Å². The molecule has 1 heterocycles. The summed E-state index contributed by atoms with van der Waals surface area (Å²) >= 11 is 0. The molecule has 36 heavy (non-hydrogen) atoms. The largest absolute Gasteiger partial charge is 0.494 e. The van der Waals surface area contributed by atoms with Gasteiger partial charge in [-0.15, -0.1) is 0 Å². The second kappa shape index (κ2) is 10.9. The lowest BCUT2D eigenvalue weighted by atomic mass is 10.00. The molecule has 8 nitrogen and oxygen atoms in total. The first-order valence-electron chi connectivity index (χ1n) is 11.5. The summed E-state index contributed by atoms with van der Waals surface area (Å²) in [6.45, 7) is 2.07. The first kappa shape index (κ1) is 24.7. The molecular weight excluding hydrogens is 458 g/mol. The highest BCUT2D eigenvalue weighted by atomic mass is 16.5. The number of nitrogens with zero attached hydrogens (tertiary/aromatic N) is 1. The molecule has 0 amide bonds. The Hall–Kier alpha value is -4.43. The van der Waals surface area contributed by atoms with Crippen LogP contribution in [0.25, 0.3) is 10.9 Å². The first-order valence-corrected chi connectivity index (χ1v) is 11.5. The van der Waals surface area contributed by atoms with Crippen LogP contribution >= 0.6 is 0 Å². The van der Waals surface area contributed by atoms with Crippen LogP contribution in [0.5, 0.6) is 5.88 Å². The summed E-state index contributed by atoms with van der Waals surface area (Å²) in [6, 6.07) is 21.3. The highest BCUT2D eigenvalue weighted by molar-refractivity contribution is 6.22. The van der Waals surface area contributed by atoms with Gasteiger partial charge in [0.05, 0.1) is 42.7 Å². The molecule has 184 valence electrons. The van der Waals surface area contributed by atoms with Crippen LogP contribution < -0.4 is 5.73 Å². The fraction of sp³-hybridized carbons (Fsp3) is 0.179. The minimum absolute atomic E-state index is 0.0669. The van der Waals surface area contributed by atoms with E-state index < -0.39 is 12.0 Å². The molecule has 0 radical (unpaired) electrons. The number of ether oxygens (including phenoxy) is 2. The summed E-state index contributed by atoms with van der Waals surface area (Å²) in [4.78, 5) is 31.5. The number of esters is 2. The fourth-order valence-electron chi connectivity index (χ4n) is 3.97. The minimum atomic E-state index is -0.489. The minimum Gasteiger partial charge on any atom is -0.494 e. The van der Waals surface area contributed by atoms with Gasteiger partial charge in [-0.25, -0.2) is 9.79 Å². The van der Waals surface area contributed by atoms with Crippen molar-refractivity contribution in [2.75, 3.05) is 13.7 Å². The molecule has 0 spiro atoms. The molecule has 0 aliphatic heterocycles. The van der Waals surface area contributed by atoms with Gasteiger partial charge >= 0.3 is 11.9 Å². The van der Waals surface area contributed by atoms with E-state index in [0.29, 0.717) is 40.0 Å². The van der Waals surface area contributed by atoms with Gasteiger partial charge < -0.3 is 25.3 Å². The first-order chi connectivity index (χ1) is 17.4. The Morgan fingerprint density at radius 3 is 2.42 bits per heavy atom. The van der Waals surface area contributed by atoms with Crippen molar-refractivity contribution in [3.63, 3.8) is 0 Å². The number of aromatic amines is 1. The van der Waals surface area contributed by atoms with Crippen LogP contribution in [-0.2, 0) is 14.3 Å². The molecule has 4 rings (SSSR count). The number of nitrogens with one attached hydrogen (secondary N) is 1. The standard InChI is InChI=1S/C28H27N3O5/c1-3-36-24(32)16-22(29)17-9-12-20(13-10-17)30-26(18-7-5-4-6-8-18)25-21-14-11-19(28(34)35-2)15-23(21)31-27(25)33/h4-15,22,31,33H,3,16,29H2,1-2H3. The van der Waals surface area contributed by atoms with Gasteiger partial charge in [-0.3, -0.25) is 4.79 Å². The van der Waals surface area contributed by atoms with E-state index in [0.717, 1.165) is 11.1 Å². The lowest BCUT2D eigenvalue weighted by Gasteiger charge is -2.12. The van der Waals surface area contributed by atoms with Gasteiger partial charge in [-0.05, 0) is 36.8 Å². The maximum Gasteiger partial charge on any atom is 0.337 e. The predicted octanol–water partition coefficient (Wildman–Crippen LogP) is 4.78. The molecule has 0 bridgehead atoms. The molecule has 4 N–H and O–H groups in total. The van der Waals surface area contributed by atoms with Gasteiger partial charge in [-0.1, -0.05) is 48.5 Å². The van der Waals surface area contributed by atoms with E-state index in [9.17, 15) is 14.7 Å². The summed E-state index contributed by atoms with van der Waals surface area (Å²) < 4.78 is 9.78. The summed E-state index contributed by atoms with van der Waals surface area (Å²) in [6.07, 6.45) is 0.0858. The molecule has 1 aromatic heterocycles. The summed E-state index contributed by atoms with van der Waals surface area (Å²) in [5.74, 6) is -0.878. The quantitative estimate of drug-likeness (QED) is 0.243. The maximum absolute atomic E-state index is 12.0. The summed E-state index contributed by atoms with van der Waals surface area (Å²) in [5, 5.41) is 11.6. The number of benzene rings is 3. The van der Waals surface area contributed by atoms with Gasteiger partial charge in [0.25, 0.3) is 0 Å². The number of nitrogens with two attached hydrogens (primary N) is 1. The average Bonchev–Trinajstić information content (AvgIpc) is 3.22. The van der Waals surface area contributed by atoms with Gasteiger partial charge in [0.2, 0.25) is 0 Å². The molecule has 1 unspecified atom stereocenters. The van der Waals surface area contributed by atoms with Crippen molar-refractivity contribution in [3.05, 3.63) is 95.1 Å². The molecule has 8 heteroatoms. The van der Waals surface area contributed by atoms with Crippen molar-refractivity contribution in [1.29, 1.82) is 0 Å². The number of aliphatic imine (C=N–C) groups is 1. The average molecular weight is 486 g/mol. The van der Waals surface area contributed by atoms with E-state index in [2.05, 4.69) is 4.98 Å². The third-order valence-electron chi connectivity index (χ3n) is 5.74. The number of hydrogen-bond donors (Lipinski definition) is 3. The van der Waals surface area contributed by atoms with Crippen molar-refractivity contribution < 1.29 is 24.2 Å². The zero-order valence-corrected chi connectivity index (χ0v) is 20.0. The zero-order chi connectivity index (χ0) is 25.7. The number of aromatic nitrogens is 1. The summed E-state index contributed by atoms with van der Waals surface area (Å²) in [7, 11) is 1.32. The molecule has 4 aromatic rings. The topological polar surface area (TPSA) is 127 Å². The van der Waals surface area contributed by atoms with Crippen molar-refractivity contribution >= 4 is 34.2 Å². The Morgan fingerprint density at radius 1 is 1.03 bits per heavy atom. The van der Waals surface area contributed by atoms with Crippen LogP contribution in [0.3, 0.4) is 0 Å². The number of methoxy groups -OCH3 is 1. The Labute approximate surface area is 208 Å². The highest BCUT2D eigenvalue weighted by Crippen LogP contribution is 2.32. The lowest BCUT2D eigenvalue weighted by molar-refractivity contribution is -0.143. The smallest absolute Gasteiger partial charge is 0.337 e. The number of H-pyrrole nitrogens is 1. The molecule has 0 saturated heterocycles. The molecule has 0 aliphatic carbocycles. The van der Waals surface area contributed by atoms with Crippen LogP contribution in [0.15, 0.2) is 77.8 Å². The van der Waals surface area contributed by atoms with E-state index in [-0.39, 0.29) is 18.3 Å². The number of carbonyl (C=O) groups excluding carboxylic acids is 2. The zero-order valence-electron chi connectivity index (χ0n) is 20.0. The fourth-order valence-corrected chi connectivity index (χ4v) is 3.97. The van der Waals surface area contributed by atoms with Crippen molar-refractivity contribution in [3.8, 4) is 5.88 Å². The molecule has 1 atom stereocenters. The Morgan fingerprint density at radius 2 is 1.75 bits per heavy atom. The molecule has 0 fully saturated rings. The van der Waals surface area contributed by atoms with E-state index in [1.807, 2.05) is 54.6 Å². The van der Waals surface area contributed by atoms with Crippen LogP contribution in [0.1, 0.15) is 46.4 Å². The van der Waals surface area contributed by atoms with Gasteiger partial charge in [0.15, 0.2) is 5.88 Å². The van der Waals surface area contributed by atoms with Gasteiger partial charge in [0.1, 0.15) is 0 Å². The molecular formula is C28H27N3O5. The van der Waals surface area contributed by atoms with E-state index >= 15 is 0 Å². The molecule has 0 saturated carbocycles. The molecule has 3 aromatic carbocycles. The lowest BCUT2D eigenvalue weighted by Crippen LogP contribution is -2.17. The number of carbonyl (C=O) groups is 2. The van der Waals surface area contributed by atoms with E-state index in [1.165, 1.54) is 7.11 Å². The predicted molar refractivity (Wildman–Crippen MR) is 138 cm³/mol. The highest BCUT2D eigenvalue weighted by Gasteiger charge is 2.20. The van der Waals surface area contributed by atoms with Crippen molar-refractivity contribution in [2.24, 2.45) is 10.7 Å². The van der Waals surface area contributed by atoms with Crippen molar-refractivity contribution in [2.45, 2.75) is 19.4 Å². The Balaban J connectivity index is 1.75. The monoisotopic (exact) mass is 485 g/mol. The number of hydrogen-bond acceptors (Lipinski definition) is 7. The Kier molecular flexibility index (Phi) is 7.46. The van der Waals surface area contributed by atoms with Crippen LogP contribution in [-0.4, -0.2) is 41.5 Å². The third-order valence-corrected chi connectivity index (χ3v) is 5.74. The van der Waals surface area contributed by atoms with E-state index in [4.69, 9.17) is 20.2 Å². The normalized spacial score (nSPS) is 12.4.